The number of rotatable bonds is 5. The minimum atomic E-state index is -4.68. The molecule has 3 heterocycles. The van der Waals surface area contributed by atoms with Crippen LogP contribution in [0.25, 0.3) is 0 Å². The van der Waals surface area contributed by atoms with Crippen LogP contribution in [0.3, 0.4) is 0 Å². The van der Waals surface area contributed by atoms with Gasteiger partial charge in [0.1, 0.15) is 0 Å². The van der Waals surface area contributed by atoms with Gasteiger partial charge in [0.2, 0.25) is 0 Å². The predicted molar refractivity (Wildman–Crippen MR) is 94.6 cm³/mol. The number of thiophene rings is 1. The third kappa shape index (κ3) is 4.69. The Morgan fingerprint density at radius 2 is 2.30 bits per heavy atom. The van der Waals surface area contributed by atoms with E-state index in [0.29, 0.717) is 19.7 Å². The number of alkyl halides is 3. The molecule has 2 atom stereocenters. The van der Waals surface area contributed by atoms with Gasteiger partial charge in [-0.3, -0.25) is 14.4 Å². The van der Waals surface area contributed by atoms with Gasteiger partial charge in [-0.1, -0.05) is 6.07 Å². The van der Waals surface area contributed by atoms with E-state index >= 15 is 0 Å². The third-order valence-corrected chi connectivity index (χ3v) is 5.36. The fourth-order valence-corrected chi connectivity index (χ4v) is 4.03. The molecule has 27 heavy (non-hydrogen) atoms. The normalized spacial score (nSPS) is 19.8. The summed E-state index contributed by atoms with van der Waals surface area (Å²) in [6.45, 7) is 4.15. The summed E-state index contributed by atoms with van der Waals surface area (Å²) in [6, 6.07) is 3.76. The van der Waals surface area contributed by atoms with Crippen LogP contribution >= 0.6 is 11.3 Å². The number of amides is 1. The van der Waals surface area contributed by atoms with Gasteiger partial charge < -0.3 is 10.1 Å². The first-order chi connectivity index (χ1) is 12.8. The molecular formula is C17H21F3N4O2S. The van der Waals surface area contributed by atoms with E-state index in [1.807, 2.05) is 24.4 Å². The summed E-state index contributed by atoms with van der Waals surface area (Å²) in [5, 5.41) is 7.98. The zero-order valence-corrected chi connectivity index (χ0v) is 15.8. The van der Waals surface area contributed by atoms with E-state index in [-0.39, 0.29) is 18.7 Å². The van der Waals surface area contributed by atoms with Crippen molar-refractivity contribution in [2.45, 2.75) is 25.2 Å². The molecule has 0 bridgehead atoms. The number of carbonyl (C=O) groups excluding carboxylic acids is 1. The lowest BCUT2D eigenvalue weighted by molar-refractivity contribution is -0.141. The van der Waals surface area contributed by atoms with Gasteiger partial charge in [-0.05, 0) is 18.4 Å². The number of carbonyl (C=O) groups is 1. The van der Waals surface area contributed by atoms with Crippen molar-refractivity contribution in [2.24, 2.45) is 7.05 Å². The lowest BCUT2D eigenvalue weighted by Crippen LogP contribution is -2.46. The number of aromatic nitrogens is 2. The molecule has 3 rings (SSSR count). The van der Waals surface area contributed by atoms with E-state index in [9.17, 15) is 18.0 Å². The number of aryl methyl sites for hydroxylation is 1. The molecule has 0 radical (unpaired) electrons. The van der Waals surface area contributed by atoms with E-state index < -0.39 is 23.3 Å². The molecule has 148 valence electrons. The maximum absolute atomic E-state index is 13.1. The highest BCUT2D eigenvalue weighted by Crippen LogP contribution is 2.31. The average molecular weight is 402 g/mol. The Labute approximate surface area is 158 Å². The highest BCUT2D eigenvalue weighted by molar-refractivity contribution is 7.10. The molecule has 1 aliphatic heterocycles. The minimum absolute atomic E-state index is 0.0621. The second-order valence-electron chi connectivity index (χ2n) is 6.48. The first-order valence-electron chi connectivity index (χ1n) is 8.54. The maximum Gasteiger partial charge on any atom is 0.435 e. The van der Waals surface area contributed by atoms with Crippen molar-refractivity contribution in [1.82, 2.24) is 20.0 Å². The zero-order chi connectivity index (χ0) is 19.6. The first-order valence-corrected chi connectivity index (χ1v) is 9.41. The lowest BCUT2D eigenvalue weighted by Gasteiger charge is -2.37. The van der Waals surface area contributed by atoms with Gasteiger partial charge in [0.25, 0.3) is 5.91 Å². The monoisotopic (exact) mass is 402 g/mol. The summed E-state index contributed by atoms with van der Waals surface area (Å²) >= 11 is 1.55. The molecule has 1 N–H and O–H groups in total. The number of hydrogen-bond acceptors (Lipinski definition) is 5. The molecule has 1 aliphatic rings. The molecular weight excluding hydrogens is 381 g/mol. The number of hydrogen-bond donors (Lipinski definition) is 1. The van der Waals surface area contributed by atoms with Gasteiger partial charge in [0, 0.05) is 37.8 Å². The SMILES string of the molecule is C[C@H]1CN([C@H](CNC(=O)c2cn(C)nc2C(F)(F)F)c2cccs2)CCO1. The first kappa shape index (κ1) is 19.8. The van der Waals surface area contributed by atoms with Crippen LogP contribution in [0.1, 0.15) is 33.9 Å². The summed E-state index contributed by atoms with van der Waals surface area (Å²) in [7, 11) is 1.36. The second-order valence-corrected chi connectivity index (χ2v) is 7.46. The van der Waals surface area contributed by atoms with Crippen LogP contribution in [0.15, 0.2) is 23.7 Å². The van der Waals surface area contributed by atoms with Gasteiger partial charge >= 0.3 is 6.18 Å². The Morgan fingerprint density at radius 1 is 1.52 bits per heavy atom. The molecule has 2 aromatic heterocycles. The Kier molecular flexibility index (Phi) is 5.87. The Balaban J connectivity index is 1.75. The molecule has 2 aromatic rings. The fraction of sp³-hybridized carbons (Fsp3) is 0.529. The van der Waals surface area contributed by atoms with Crippen LogP contribution < -0.4 is 5.32 Å². The van der Waals surface area contributed by atoms with Gasteiger partial charge in [-0.2, -0.15) is 18.3 Å². The van der Waals surface area contributed by atoms with Gasteiger partial charge in [-0.25, -0.2) is 0 Å². The van der Waals surface area contributed by atoms with E-state index in [1.165, 1.54) is 7.05 Å². The molecule has 0 aliphatic carbocycles. The van der Waals surface area contributed by atoms with Crippen LogP contribution in [-0.4, -0.2) is 52.9 Å². The van der Waals surface area contributed by atoms with Crippen LogP contribution in [0.4, 0.5) is 13.2 Å². The molecule has 0 unspecified atom stereocenters. The molecule has 6 nitrogen and oxygen atoms in total. The average Bonchev–Trinajstić information content (AvgIpc) is 3.24. The van der Waals surface area contributed by atoms with Gasteiger partial charge in [0.05, 0.1) is 24.3 Å². The van der Waals surface area contributed by atoms with Crippen LogP contribution in [0.2, 0.25) is 0 Å². The quantitative estimate of drug-likeness (QED) is 0.836. The summed E-state index contributed by atoms with van der Waals surface area (Å²) in [5.41, 5.74) is -1.64. The number of nitrogens with one attached hydrogen (secondary N) is 1. The summed E-state index contributed by atoms with van der Waals surface area (Å²) in [4.78, 5) is 15.7. The number of morpholine rings is 1. The number of ether oxygens (including phenoxy) is 1. The molecule has 0 saturated carbocycles. The topological polar surface area (TPSA) is 59.4 Å². The van der Waals surface area contributed by atoms with Crippen molar-refractivity contribution in [2.75, 3.05) is 26.2 Å². The predicted octanol–water partition coefficient (Wildman–Crippen LogP) is 2.69. The van der Waals surface area contributed by atoms with E-state index in [1.54, 1.807) is 11.3 Å². The number of nitrogens with zero attached hydrogens (tertiary/aromatic N) is 3. The highest BCUT2D eigenvalue weighted by atomic mass is 32.1. The Morgan fingerprint density at radius 3 is 2.93 bits per heavy atom. The van der Waals surface area contributed by atoms with Crippen molar-refractivity contribution < 1.29 is 22.7 Å². The molecule has 1 saturated heterocycles. The van der Waals surface area contributed by atoms with E-state index in [4.69, 9.17) is 4.74 Å². The highest BCUT2D eigenvalue weighted by Gasteiger charge is 2.39. The van der Waals surface area contributed by atoms with Crippen molar-refractivity contribution in [3.63, 3.8) is 0 Å². The summed E-state index contributed by atoms with van der Waals surface area (Å²) in [6.07, 6.45) is -3.53. The van der Waals surface area contributed by atoms with E-state index in [0.717, 1.165) is 15.8 Å². The molecule has 10 heteroatoms. The lowest BCUT2D eigenvalue weighted by atomic mass is 10.1. The van der Waals surface area contributed by atoms with Crippen molar-refractivity contribution in [3.05, 3.63) is 39.8 Å². The maximum atomic E-state index is 13.1. The van der Waals surface area contributed by atoms with Gasteiger partial charge in [0.15, 0.2) is 5.69 Å². The largest absolute Gasteiger partial charge is 0.435 e. The van der Waals surface area contributed by atoms with Gasteiger partial charge in [-0.15, -0.1) is 11.3 Å². The number of halogens is 3. The van der Waals surface area contributed by atoms with Crippen LogP contribution in [0.5, 0.6) is 0 Å². The molecule has 1 amide bonds. The standard InChI is InChI=1S/C17H21F3N4O2S/c1-11-9-24(5-6-26-11)13(14-4-3-7-27-14)8-21-16(25)12-10-23(2)22-15(12)17(18,19)20/h3-4,7,10-11,13H,5-6,8-9H2,1-2H3,(H,21,25)/t11-,13+/m0/s1. The Bertz CT molecular complexity index is 776. The third-order valence-electron chi connectivity index (χ3n) is 4.38. The van der Waals surface area contributed by atoms with Crippen molar-refractivity contribution in [1.29, 1.82) is 0 Å². The fourth-order valence-electron chi connectivity index (χ4n) is 3.17. The van der Waals surface area contributed by atoms with Crippen molar-refractivity contribution in [3.8, 4) is 0 Å². The van der Waals surface area contributed by atoms with Crippen molar-refractivity contribution >= 4 is 17.2 Å². The zero-order valence-electron chi connectivity index (χ0n) is 15.0. The van der Waals surface area contributed by atoms with Crippen LogP contribution in [-0.2, 0) is 18.0 Å². The molecule has 1 fully saturated rings. The minimum Gasteiger partial charge on any atom is -0.376 e. The Hall–Kier alpha value is -1.91. The molecule has 0 aromatic carbocycles. The summed E-state index contributed by atoms with van der Waals surface area (Å²) < 4.78 is 45.9. The van der Waals surface area contributed by atoms with Crippen LogP contribution in [0, 0.1) is 0 Å². The van der Waals surface area contributed by atoms with E-state index in [2.05, 4.69) is 15.3 Å². The summed E-state index contributed by atoms with van der Waals surface area (Å²) in [5.74, 6) is -0.779. The smallest absolute Gasteiger partial charge is 0.376 e. The second kappa shape index (κ2) is 7.99. The molecule has 0 spiro atoms.